The molecule has 9 N–H and O–H groups in total. The summed E-state index contributed by atoms with van der Waals surface area (Å²) in [6.07, 6.45) is 0. The van der Waals surface area contributed by atoms with Gasteiger partial charge in [-0.05, 0) is 0 Å². The van der Waals surface area contributed by atoms with Crippen LogP contribution in [0.5, 0.6) is 0 Å². The van der Waals surface area contributed by atoms with E-state index >= 15 is 0 Å². The fourth-order valence-corrected chi connectivity index (χ4v) is 0.910. The topological polar surface area (TPSA) is 137 Å². The van der Waals surface area contributed by atoms with E-state index in [0.29, 0.717) is 10.1 Å². The number of hydrogen-bond donors (Lipinski definition) is 6. The Hall–Kier alpha value is -1.80. The Bertz CT molecular complexity index is 285. The molecule has 0 saturated heterocycles. The molecule has 0 atom stereocenters. The largest absolute Gasteiger partial charge is 0.380 e. The molecule has 0 fully saturated rings. The second kappa shape index (κ2) is 2.92. The van der Waals surface area contributed by atoms with Crippen molar-refractivity contribution in [2.45, 2.75) is 0 Å². The number of hydroxylamine groups is 4. The average Bonchev–Trinajstić information content (AvgIpc) is 2.13. The van der Waals surface area contributed by atoms with E-state index in [-0.39, 0.29) is 23.3 Å². The van der Waals surface area contributed by atoms with Crippen LogP contribution < -0.4 is 22.5 Å². The maximum atomic E-state index is 9.33. The van der Waals surface area contributed by atoms with Gasteiger partial charge in [0.2, 0.25) is 0 Å². The Morgan fingerprint density at radius 2 is 1.46 bits per heavy atom. The van der Waals surface area contributed by atoms with Crippen LogP contribution in [-0.2, 0) is 0 Å². The lowest BCUT2D eigenvalue weighted by Crippen LogP contribution is -2.46. The standard InChI is InChI=1S/C5H12N6O2/c1-9-5-4(8)10(12)2(6)3(7)11(5)13/h9,12-13H,6-8H2,1H3. The Labute approximate surface area is 74.4 Å². The summed E-state index contributed by atoms with van der Waals surface area (Å²) in [5.74, 6) is -0.536. The highest BCUT2D eigenvalue weighted by Gasteiger charge is 2.26. The van der Waals surface area contributed by atoms with Crippen molar-refractivity contribution in [3.05, 3.63) is 23.3 Å². The van der Waals surface area contributed by atoms with Crippen LogP contribution in [0.1, 0.15) is 0 Å². The summed E-state index contributed by atoms with van der Waals surface area (Å²) in [5.41, 5.74) is 16.0. The second-order valence-electron chi connectivity index (χ2n) is 2.38. The third kappa shape index (κ3) is 1.17. The van der Waals surface area contributed by atoms with Crippen LogP contribution in [0.25, 0.3) is 0 Å². The van der Waals surface area contributed by atoms with Crippen molar-refractivity contribution in [2.24, 2.45) is 17.2 Å². The highest BCUT2D eigenvalue weighted by molar-refractivity contribution is 5.21. The van der Waals surface area contributed by atoms with Crippen molar-refractivity contribution in [2.75, 3.05) is 7.05 Å². The first-order chi connectivity index (χ1) is 6.00. The minimum atomic E-state index is -0.237. The van der Waals surface area contributed by atoms with Crippen molar-refractivity contribution in [1.29, 1.82) is 0 Å². The molecular formula is C5H12N6O2. The predicted molar refractivity (Wildman–Crippen MR) is 42.9 cm³/mol. The van der Waals surface area contributed by atoms with Crippen LogP contribution in [0, 0.1) is 0 Å². The highest BCUT2D eigenvalue weighted by Crippen LogP contribution is 2.17. The van der Waals surface area contributed by atoms with E-state index in [9.17, 15) is 10.4 Å². The summed E-state index contributed by atoms with van der Waals surface area (Å²) in [6.45, 7) is 0. The highest BCUT2D eigenvalue weighted by atomic mass is 16.5. The van der Waals surface area contributed by atoms with E-state index in [1.165, 1.54) is 7.05 Å². The van der Waals surface area contributed by atoms with Gasteiger partial charge in [-0.15, -0.1) is 0 Å². The molecule has 0 bridgehead atoms. The summed E-state index contributed by atoms with van der Waals surface area (Å²) in [6, 6.07) is 0. The predicted octanol–water partition coefficient (Wildman–Crippen LogP) is -2.27. The normalized spacial score (nSPS) is 18.4. The molecule has 0 aromatic heterocycles. The maximum Gasteiger partial charge on any atom is 0.176 e. The lowest BCUT2D eigenvalue weighted by Gasteiger charge is -2.31. The molecular weight excluding hydrogens is 176 g/mol. The van der Waals surface area contributed by atoms with Crippen molar-refractivity contribution in [3.63, 3.8) is 0 Å². The molecule has 0 unspecified atom stereocenters. The summed E-state index contributed by atoms with van der Waals surface area (Å²) in [7, 11) is 1.51. The second-order valence-corrected chi connectivity index (χ2v) is 2.38. The van der Waals surface area contributed by atoms with Crippen molar-refractivity contribution < 1.29 is 10.4 Å². The van der Waals surface area contributed by atoms with E-state index < -0.39 is 0 Å². The molecule has 1 rings (SSSR count). The maximum absolute atomic E-state index is 9.33. The van der Waals surface area contributed by atoms with Gasteiger partial charge in [0.05, 0.1) is 0 Å². The molecule has 0 spiro atoms. The molecule has 1 aliphatic heterocycles. The smallest absolute Gasteiger partial charge is 0.176 e. The number of nitrogens with zero attached hydrogens (tertiary/aromatic N) is 2. The Kier molecular flexibility index (Phi) is 2.09. The van der Waals surface area contributed by atoms with Gasteiger partial charge in [0.15, 0.2) is 23.3 Å². The molecule has 8 nitrogen and oxygen atoms in total. The van der Waals surface area contributed by atoms with Gasteiger partial charge in [0, 0.05) is 7.05 Å². The number of rotatable bonds is 1. The van der Waals surface area contributed by atoms with Crippen LogP contribution in [0.15, 0.2) is 23.3 Å². The molecule has 0 amide bonds. The molecule has 0 radical (unpaired) electrons. The van der Waals surface area contributed by atoms with Gasteiger partial charge in [0.1, 0.15) is 0 Å². The fraction of sp³-hybridized carbons (Fsp3) is 0.200. The lowest BCUT2D eigenvalue weighted by atomic mass is 10.4. The van der Waals surface area contributed by atoms with Gasteiger partial charge in [-0.1, -0.05) is 0 Å². The first-order valence-corrected chi connectivity index (χ1v) is 3.41. The molecule has 1 aliphatic rings. The van der Waals surface area contributed by atoms with E-state index in [1.807, 2.05) is 0 Å². The number of nitrogens with one attached hydrogen (secondary N) is 1. The zero-order chi connectivity index (χ0) is 10.2. The quantitative estimate of drug-likeness (QED) is 0.271. The molecule has 8 heteroatoms. The molecule has 0 aromatic carbocycles. The van der Waals surface area contributed by atoms with Gasteiger partial charge >= 0.3 is 0 Å². The fourth-order valence-electron chi connectivity index (χ4n) is 0.910. The Morgan fingerprint density at radius 1 is 1.00 bits per heavy atom. The first kappa shape index (κ1) is 9.29. The molecule has 0 aliphatic carbocycles. The van der Waals surface area contributed by atoms with Crippen molar-refractivity contribution in [3.8, 4) is 0 Å². The monoisotopic (exact) mass is 188 g/mol. The van der Waals surface area contributed by atoms with Gasteiger partial charge in [-0.2, -0.15) is 10.1 Å². The van der Waals surface area contributed by atoms with Crippen LogP contribution >= 0.6 is 0 Å². The van der Waals surface area contributed by atoms with Crippen LogP contribution in [0.2, 0.25) is 0 Å². The molecule has 0 aromatic rings. The SMILES string of the molecule is CNC1=C(N)N(O)C(N)=C(N)N1O. The average molecular weight is 188 g/mol. The third-order valence-corrected chi connectivity index (χ3v) is 1.64. The van der Waals surface area contributed by atoms with Gasteiger partial charge < -0.3 is 22.5 Å². The van der Waals surface area contributed by atoms with Crippen LogP contribution in [-0.4, -0.2) is 27.6 Å². The van der Waals surface area contributed by atoms with E-state index in [1.54, 1.807) is 0 Å². The van der Waals surface area contributed by atoms with Crippen LogP contribution in [0.4, 0.5) is 0 Å². The van der Waals surface area contributed by atoms with Crippen molar-refractivity contribution in [1.82, 2.24) is 15.4 Å². The summed E-state index contributed by atoms with van der Waals surface area (Å²) in [4.78, 5) is 0. The molecule has 1 heterocycles. The van der Waals surface area contributed by atoms with Gasteiger partial charge in [-0.25, -0.2) is 0 Å². The minimum Gasteiger partial charge on any atom is -0.380 e. The van der Waals surface area contributed by atoms with Gasteiger partial charge in [-0.3, -0.25) is 10.4 Å². The zero-order valence-electron chi connectivity index (χ0n) is 7.02. The van der Waals surface area contributed by atoms with E-state index in [2.05, 4.69) is 5.32 Å². The van der Waals surface area contributed by atoms with Crippen LogP contribution in [0.3, 0.4) is 0 Å². The Balaban J connectivity index is 3.13. The summed E-state index contributed by atoms with van der Waals surface area (Å²) >= 11 is 0. The molecule has 13 heavy (non-hydrogen) atoms. The first-order valence-electron chi connectivity index (χ1n) is 3.41. The molecule has 0 saturated carbocycles. The van der Waals surface area contributed by atoms with Crippen molar-refractivity contribution >= 4 is 0 Å². The third-order valence-electron chi connectivity index (χ3n) is 1.64. The van der Waals surface area contributed by atoms with Gasteiger partial charge in [0.25, 0.3) is 0 Å². The molecule has 74 valence electrons. The minimum absolute atomic E-state index is 0.0502. The lowest BCUT2D eigenvalue weighted by molar-refractivity contribution is -0.0829. The summed E-state index contributed by atoms with van der Waals surface area (Å²) < 4.78 is 0. The zero-order valence-corrected chi connectivity index (χ0v) is 7.02. The number of nitrogens with two attached hydrogens (primary N) is 3. The van der Waals surface area contributed by atoms with E-state index in [0.717, 1.165) is 0 Å². The van der Waals surface area contributed by atoms with E-state index in [4.69, 9.17) is 17.2 Å². The summed E-state index contributed by atoms with van der Waals surface area (Å²) in [5, 5.41) is 22.2. The Morgan fingerprint density at radius 3 is 1.92 bits per heavy atom. The number of hydrogen-bond acceptors (Lipinski definition) is 8.